The van der Waals surface area contributed by atoms with Crippen molar-refractivity contribution >= 4 is 5.91 Å². The summed E-state index contributed by atoms with van der Waals surface area (Å²) in [6.45, 7) is 8.10. The highest BCUT2D eigenvalue weighted by Crippen LogP contribution is 2.20. The Bertz CT molecular complexity index is 717. The number of hydrogen-bond donors (Lipinski definition) is 0. The fourth-order valence-corrected chi connectivity index (χ4v) is 3.15. The molecular formula is C19H24N4O2. The van der Waals surface area contributed by atoms with Gasteiger partial charge in [-0.25, -0.2) is 4.98 Å². The maximum Gasteiger partial charge on any atom is 0.272 e. The topological polar surface area (TPSA) is 58.6 Å². The Morgan fingerprint density at radius 2 is 1.96 bits per heavy atom. The number of amides is 1. The van der Waals surface area contributed by atoms with Gasteiger partial charge in [0.25, 0.3) is 5.91 Å². The van der Waals surface area contributed by atoms with Crippen LogP contribution in [-0.2, 0) is 6.54 Å². The van der Waals surface area contributed by atoms with Crippen molar-refractivity contribution in [2.24, 2.45) is 0 Å². The van der Waals surface area contributed by atoms with Gasteiger partial charge in [0.2, 0.25) is 5.88 Å². The van der Waals surface area contributed by atoms with Gasteiger partial charge in [-0.15, -0.1) is 0 Å². The van der Waals surface area contributed by atoms with Gasteiger partial charge in [0.15, 0.2) is 0 Å². The van der Waals surface area contributed by atoms with Crippen LogP contribution >= 0.6 is 0 Å². The number of pyridine rings is 2. The molecule has 3 heterocycles. The average molecular weight is 340 g/mol. The van der Waals surface area contributed by atoms with Crippen LogP contribution < -0.4 is 4.74 Å². The zero-order valence-corrected chi connectivity index (χ0v) is 15.0. The van der Waals surface area contributed by atoms with Crippen molar-refractivity contribution in [1.82, 2.24) is 19.8 Å². The quantitative estimate of drug-likeness (QED) is 0.853. The molecule has 2 aromatic rings. The predicted octanol–water partition coefficient (Wildman–Crippen LogP) is 2.06. The van der Waals surface area contributed by atoms with Gasteiger partial charge in [-0.3, -0.25) is 14.7 Å². The highest BCUT2D eigenvalue weighted by atomic mass is 16.5. The lowest BCUT2D eigenvalue weighted by Gasteiger charge is -2.35. The first-order valence-corrected chi connectivity index (χ1v) is 8.52. The predicted molar refractivity (Wildman–Crippen MR) is 95.7 cm³/mol. The number of aryl methyl sites for hydroxylation is 2. The number of rotatable bonds is 4. The van der Waals surface area contributed by atoms with Gasteiger partial charge in [0.05, 0.1) is 7.11 Å². The Balaban J connectivity index is 1.61. The van der Waals surface area contributed by atoms with E-state index in [-0.39, 0.29) is 5.91 Å². The third-order valence-electron chi connectivity index (χ3n) is 4.66. The minimum absolute atomic E-state index is 0.0127. The number of carbonyl (C=O) groups is 1. The number of methoxy groups -OCH3 is 1. The second-order valence-corrected chi connectivity index (χ2v) is 6.33. The first kappa shape index (κ1) is 17.4. The summed E-state index contributed by atoms with van der Waals surface area (Å²) in [6, 6.07) is 7.41. The first-order valence-electron chi connectivity index (χ1n) is 8.52. The number of piperazine rings is 1. The number of nitrogens with zero attached hydrogens (tertiary/aromatic N) is 4. The third kappa shape index (κ3) is 3.96. The molecular weight excluding hydrogens is 316 g/mol. The van der Waals surface area contributed by atoms with E-state index in [1.54, 1.807) is 19.4 Å². The largest absolute Gasteiger partial charge is 0.481 e. The summed E-state index contributed by atoms with van der Waals surface area (Å²) >= 11 is 0. The zero-order chi connectivity index (χ0) is 17.8. The molecule has 6 nitrogen and oxygen atoms in total. The van der Waals surface area contributed by atoms with Crippen molar-refractivity contribution < 1.29 is 9.53 Å². The highest BCUT2D eigenvalue weighted by molar-refractivity contribution is 5.92. The summed E-state index contributed by atoms with van der Waals surface area (Å²) < 4.78 is 5.23. The molecule has 0 unspecified atom stereocenters. The van der Waals surface area contributed by atoms with Gasteiger partial charge in [0, 0.05) is 50.7 Å². The number of ether oxygens (including phenoxy) is 1. The van der Waals surface area contributed by atoms with Crippen LogP contribution in [0.5, 0.6) is 5.88 Å². The summed E-state index contributed by atoms with van der Waals surface area (Å²) in [7, 11) is 1.64. The molecule has 1 saturated heterocycles. The van der Waals surface area contributed by atoms with Crippen LogP contribution in [0.3, 0.4) is 0 Å². The number of hydrogen-bond acceptors (Lipinski definition) is 5. The molecule has 0 bridgehead atoms. The van der Waals surface area contributed by atoms with E-state index in [0.29, 0.717) is 11.6 Å². The fourth-order valence-electron chi connectivity index (χ4n) is 3.15. The van der Waals surface area contributed by atoms with E-state index in [1.165, 1.54) is 11.1 Å². The average Bonchev–Trinajstić information content (AvgIpc) is 2.65. The van der Waals surface area contributed by atoms with Gasteiger partial charge in [-0.1, -0.05) is 6.07 Å². The van der Waals surface area contributed by atoms with Gasteiger partial charge in [-0.2, -0.15) is 0 Å². The Kier molecular flexibility index (Phi) is 5.28. The molecule has 0 atom stereocenters. The van der Waals surface area contributed by atoms with Gasteiger partial charge in [0.1, 0.15) is 5.69 Å². The van der Waals surface area contributed by atoms with E-state index < -0.39 is 0 Å². The normalized spacial score (nSPS) is 15.2. The summed E-state index contributed by atoms with van der Waals surface area (Å²) in [5.74, 6) is 0.670. The minimum Gasteiger partial charge on any atom is -0.481 e. The Labute approximate surface area is 148 Å². The summed E-state index contributed by atoms with van der Waals surface area (Å²) in [6.07, 6.45) is 1.66. The molecule has 0 spiro atoms. The zero-order valence-electron chi connectivity index (χ0n) is 15.0. The van der Waals surface area contributed by atoms with E-state index in [2.05, 4.69) is 21.8 Å². The second kappa shape index (κ2) is 7.61. The number of aromatic nitrogens is 2. The minimum atomic E-state index is 0.0127. The molecule has 0 radical (unpaired) electrons. The van der Waals surface area contributed by atoms with E-state index in [4.69, 9.17) is 4.74 Å². The molecule has 0 saturated carbocycles. The van der Waals surface area contributed by atoms with Crippen LogP contribution in [-0.4, -0.2) is 59.0 Å². The van der Waals surface area contributed by atoms with Crippen LogP contribution in [0.25, 0.3) is 0 Å². The van der Waals surface area contributed by atoms with Gasteiger partial charge in [-0.05, 0) is 37.1 Å². The first-order chi connectivity index (χ1) is 12.1. The molecule has 0 aliphatic carbocycles. The van der Waals surface area contributed by atoms with E-state index in [1.807, 2.05) is 30.0 Å². The van der Waals surface area contributed by atoms with Crippen molar-refractivity contribution in [2.75, 3.05) is 33.3 Å². The van der Waals surface area contributed by atoms with Crippen LogP contribution in [0.1, 0.15) is 27.3 Å². The molecule has 3 rings (SSSR count). The van der Waals surface area contributed by atoms with Crippen molar-refractivity contribution in [3.63, 3.8) is 0 Å². The second-order valence-electron chi connectivity index (χ2n) is 6.33. The van der Waals surface area contributed by atoms with Crippen LogP contribution in [0.2, 0.25) is 0 Å². The Morgan fingerprint density at radius 3 is 2.56 bits per heavy atom. The molecule has 6 heteroatoms. The molecule has 1 aliphatic heterocycles. The van der Waals surface area contributed by atoms with Crippen LogP contribution in [0, 0.1) is 13.8 Å². The van der Waals surface area contributed by atoms with Crippen molar-refractivity contribution in [2.45, 2.75) is 20.4 Å². The molecule has 25 heavy (non-hydrogen) atoms. The van der Waals surface area contributed by atoms with Crippen molar-refractivity contribution in [3.05, 3.63) is 53.0 Å². The lowest BCUT2D eigenvalue weighted by molar-refractivity contribution is 0.0622. The molecule has 132 valence electrons. The van der Waals surface area contributed by atoms with E-state index in [9.17, 15) is 4.79 Å². The molecule has 1 aliphatic rings. The van der Waals surface area contributed by atoms with Crippen molar-refractivity contribution in [3.8, 4) is 5.88 Å². The van der Waals surface area contributed by atoms with Crippen LogP contribution in [0.15, 0.2) is 30.5 Å². The van der Waals surface area contributed by atoms with Crippen molar-refractivity contribution in [1.29, 1.82) is 0 Å². The van der Waals surface area contributed by atoms with E-state index in [0.717, 1.165) is 38.4 Å². The summed E-state index contributed by atoms with van der Waals surface area (Å²) in [5.41, 5.74) is 3.95. The lowest BCUT2D eigenvalue weighted by Crippen LogP contribution is -2.48. The van der Waals surface area contributed by atoms with Gasteiger partial charge < -0.3 is 9.64 Å². The fraction of sp³-hybridized carbons (Fsp3) is 0.421. The summed E-state index contributed by atoms with van der Waals surface area (Å²) in [5, 5.41) is 0. The third-order valence-corrected chi connectivity index (χ3v) is 4.66. The summed E-state index contributed by atoms with van der Waals surface area (Å²) in [4.78, 5) is 25.3. The molecule has 0 aromatic carbocycles. The van der Waals surface area contributed by atoms with E-state index >= 15 is 0 Å². The maximum atomic E-state index is 12.5. The van der Waals surface area contributed by atoms with Crippen LogP contribution in [0.4, 0.5) is 0 Å². The van der Waals surface area contributed by atoms with Gasteiger partial charge >= 0.3 is 0 Å². The Morgan fingerprint density at radius 1 is 1.20 bits per heavy atom. The smallest absolute Gasteiger partial charge is 0.272 e. The SMILES string of the molecule is COc1cc(C)c(CN2CCN(C(=O)c3ccccn3)CC2)c(C)n1. The highest BCUT2D eigenvalue weighted by Gasteiger charge is 2.23. The Hall–Kier alpha value is -2.47. The monoisotopic (exact) mass is 340 g/mol. The molecule has 0 N–H and O–H groups in total. The molecule has 2 aromatic heterocycles. The molecule has 1 amide bonds. The number of carbonyl (C=O) groups excluding carboxylic acids is 1. The standard InChI is InChI=1S/C19H24N4O2/c1-14-12-18(25-3)21-15(2)16(14)13-22-8-10-23(11-9-22)19(24)17-6-4-5-7-20-17/h4-7,12H,8-11,13H2,1-3H3. The molecule has 1 fully saturated rings. The maximum absolute atomic E-state index is 12.5. The lowest BCUT2D eigenvalue weighted by atomic mass is 10.1.